The third-order valence-electron chi connectivity index (χ3n) is 15.2. The molecule has 0 fully saturated rings. The van der Waals surface area contributed by atoms with Gasteiger partial charge in [0.25, 0.3) is 0 Å². The average molecular weight is 990 g/mol. The van der Waals surface area contributed by atoms with Crippen LogP contribution in [0.25, 0.3) is 134 Å². The second-order valence-corrected chi connectivity index (χ2v) is 20.0. The lowest BCUT2D eigenvalue weighted by atomic mass is 9.82. The van der Waals surface area contributed by atoms with Crippen molar-refractivity contribution in [1.82, 2.24) is 39.0 Å². The second-order valence-electron chi connectivity index (χ2n) is 20.0. The van der Waals surface area contributed by atoms with Gasteiger partial charge in [-0.3, -0.25) is 0 Å². The molecule has 0 N–H and O–H groups in total. The van der Waals surface area contributed by atoms with Gasteiger partial charge in [-0.15, -0.1) is 0 Å². The van der Waals surface area contributed by atoms with Gasteiger partial charge in [0.15, 0.2) is 34.9 Å². The number of para-hydroxylation sites is 2. The molecule has 4 aromatic heterocycles. The van der Waals surface area contributed by atoms with Crippen molar-refractivity contribution in [2.45, 2.75) is 19.3 Å². The van der Waals surface area contributed by atoms with Gasteiger partial charge >= 0.3 is 0 Å². The zero-order valence-electron chi connectivity index (χ0n) is 44.9. The van der Waals surface area contributed by atoms with Gasteiger partial charge in [0, 0.05) is 66.0 Å². The van der Waals surface area contributed by atoms with Crippen LogP contribution >= 0.6 is 0 Å². The average Bonchev–Trinajstić information content (AvgIpc) is 3.62. The second kappa shape index (κ2) is 17.5. The summed E-state index contributed by atoms with van der Waals surface area (Å²) in [4.78, 5) is 30.7. The Balaban J connectivity index is 1.07. The van der Waals surface area contributed by atoms with Crippen LogP contribution in [0.5, 0.6) is 0 Å². The Bertz CT molecular complexity index is 4710. The molecule has 14 aromatic rings. The molecular formula is C69H46N8. The van der Waals surface area contributed by atoms with Gasteiger partial charge in [-0.25, -0.2) is 29.9 Å². The molecule has 0 aliphatic heterocycles. The van der Waals surface area contributed by atoms with Gasteiger partial charge < -0.3 is 9.13 Å². The van der Waals surface area contributed by atoms with Crippen molar-refractivity contribution in [2.75, 3.05) is 0 Å². The molecule has 0 saturated heterocycles. The molecule has 8 nitrogen and oxygen atoms in total. The Hall–Kier alpha value is -10.2. The normalized spacial score (nSPS) is 13.2. The van der Waals surface area contributed by atoms with Crippen molar-refractivity contribution in [3.63, 3.8) is 0 Å². The summed E-state index contributed by atoms with van der Waals surface area (Å²) < 4.78 is 36.1. The fourth-order valence-electron chi connectivity index (χ4n) is 11.5. The molecule has 0 amide bonds. The van der Waals surface area contributed by atoms with Crippen molar-refractivity contribution in [2.24, 2.45) is 0 Å². The quantitative estimate of drug-likeness (QED) is 0.151. The van der Waals surface area contributed by atoms with E-state index in [-0.39, 0.29) is 52.0 Å². The van der Waals surface area contributed by atoms with Crippen molar-refractivity contribution in [3.8, 4) is 90.8 Å². The number of rotatable bonds is 8. The predicted molar refractivity (Wildman–Crippen MR) is 312 cm³/mol. The highest BCUT2D eigenvalue weighted by Crippen LogP contribution is 2.50. The summed E-state index contributed by atoms with van der Waals surface area (Å²) in [7, 11) is 0. The van der Waals surface area contributed by atoms with Gasteiger partial charge in [0.05, 0.1) is 31.9 Å². The third kappa shape index (κ3) is 7.14. The summed E-state index contributed by atoms with van der Waals surface area (Å²) in [5.41, 5.74) is 12.9. The molecule has 0 radical (unpaired) electrons. The zero-order valence-corrected chi connectivity index (χ0v) is 41.9. The highest BCUT2D eigenvalue weighted by Gasteiger charge is 2.36. The molecule has 1 aliphatic rings. The molecule has 0 bridgehead atoms. The van der Waals surface area contributed by atoms with Crippen molar-refractivity contribution < 1.29 is 4.11 Å². The lowest BCUT2D eigenvalue weighted by Crippen LogP contribution is -2.15. The first-order chi connectivity index (χ1) is 39.2. The molecule has 4 heterocycles. The van der Waals surface area contributed by atoms with Crippen LogP contribution in [0.4, 0.5) is 0 Å². The van der Waals surface area contributed by atoms with E-state index in [9.17, 15) is 4.11 Å². The van der Waals surface area contributed by atoms with Gasteiger partial charge in [0.2, 0.25) is 0 Å². The Kier molecular flexibility index (Phi) is 9.35. The van der Waals surface area contributed by atoms with Gasteiger partial charge in [0.1, 0.15) is 0 Å². The van der Waals surface area contributed by atoms with Crippen LogP contribution in [0.2, 0.25) is 0 Å². The molecule has 0 spiro atoms. The molecule has 0 saturated carbocycles. The molecular weight excluding hydrogens is 941 g/mol. The van der Waals surface area contributed by atoms with Crippen molar-refractivity contribution in [3.05, 3.63) is 254 Å². The number of hydrogen-bond donors (Lipinski definition) is 0. The van der Waals surface area contributed by atoms with Gasteiger partial charge in [-0.2, -0.15) is 0 Å². The van der Waals surface area contributed by atoms with Gasteiger partial charge in [-0.1, -0.05) is 208 Å². The largest absolute Gasteiger partial charge is 0.309 e. The van der Waals surface area contributed by atoms with Crippen LogP contribution in [-0.2, 0) is 5.41 Å². The maximum Gasteiger partial charge on any atom is 0.166 e. The molecule has 362 valence electrons. The number of nitrogens with zero attached hydrogens (tertiary/aromatic N) is 8. The maximum absolute atomic E-state index is 10.7. The Labute approximate surface area is 448 Å². The first-order valence-electron chi connectivity index (χ1n) is 27.3. The lowest BCUT2D eigenvalue weighted by Gasteiger charge is -2.22. The van der Waals surface area contributed by atoms with E-state index < -0.39 is 0 Å². The van der Waals surface area contributed by atoms with Gasteiger partial charge in [-0.05, 0) is 70.7 Å². The van der Waals surface area contributed by atoms with Crippen LogP contribution < -0.4 is 0 Å². The van der Waals surface area contributed by atoms with Crippen LogP contribution in [0.3, 0.4) is 0 Å². The maximum atomic E-state index is 10.7. The minimum atomic E-state index is -0.235. The first-order valence-corrected chi connectivity index (χ1v) is 25.8. The van der Waals surface area contributed by atoms with E-state index in [0.29, 0.717) is 23.3 Å². The molecule has 15 rings (SSSR count). The Morgan fingerprint density at radius 1 is 0.351 bits per heavy atom. The Morgan fingerprint density at radius 2 is 0.818 bits per heavy atom. The van der Waals surface area contributed by atoms with E-state index >= 15 is 0 Å². The third-order valence-corrected chi connectivity index (χ3v) is 15.2. The minimum absolute atomic E-state index is 0.0395. The first kappa shape index (κ1) is 41.2. The Morgan fingerprint density at radius 3 is 1.40 bits per heavy atom. The number of hydrogen-bond acceptors (Lipinski definition) is 6. The highest BCUT2D eigenvalue weighted by atomic mass is 15.1. The standard InChI is InChI=1S/C69H46N8/c1-69(2)55-32-18-15-29-49(55)50-37-36-48(42-56(50)69)76-58-34-20-17-31-53(58)61-60(76)40-38-52-51-30-16-19-33-57(51)77(62(52)61)59-39-35-47(67-72-63(43-21-7-3-8-22-43)70-64(73-67)44-23-9-4-10-24-44)41-54(59)68-74-65(45-25-11-5-12-26-45)71-66(75-68)46-27-13-6-14-28-46/h3-42H,1-2H3/i35D,39D,41D. The zero-order chi connectivity index (χ0) is 53.8. The summed E-state index contributed by atoms with van der Waals surface area (Å²) in [6.07, 6.45) is 0. The number of aromatic nitrogens is 8. The van der Waals surface area contributed by atoms with Crippen LogP contribution in [-0.4, -0.2) is 39.0 Å². The van der Waals surface area contributed by atoms with E-state index in [0.717, 1.165) is 71.6 Å². The smallest absolute Gasteiger partial charge is 0.166 e. The fraction of sp³-hybridized carbons (Fsp3) is 0.0435. The van der Waals surface area contributed by atoms with Crippen LogP contribution in [0, 0.1) is 0 Å². The SMILES string of the molecule is [2H]c1c([2H])c(-n2c3ccccc3c3ccc4c(c5ccccc5n4-c4ccc5c(c4)C(C)(C)c4ccccc4-5)c32)c(-c2nc(-c3ccccc3)nc(-c3ccccc3)n2)c([2H])c1-c1nc(-c2ccccc2)nc(-c2ccccc2)n1. The summed E-state index contributed by atoms with van der Waals surface area (Å²) in [6, 6.07) is 74.7. The minimum Gasteiger partial charge on any atom is -0.309 e. The highest BCUT2D eigenvalue weighted by molar-refractivity contribution is 6.26. The number of benzene rings is 10. The summed E-state index contributed by atoms with van der Waals surface area (Å²) >= 11 is 0. The molecule has 8 heteroatoms. The van der Waals surface area contributed by atoms with E-state index in [1.165, 1.54) is 22.3 Å². The fourth-order valence-corrected chi connectivity index (χ4v) is 11.5. The monoisotopic (exact) mass is 989 g/mol. The number of fused-ring (bicyclic) bond motifs is 10. The van der Waals surface area contributed by atoms with E-state index in [1.807, 2.05) is 140 Å². The van der Waals surface area contributed by atoms with Crippen molar-refractivity contribution >= 4 is 43.6 Å². The van der Waals surface area contributed by atoms with Crippen molar-refractivity contribution in [1.29, 1.82) is 0 Å². The van der Waals surface area contributed by atoms with Crippen LogP contribution in [0.15, 0.2) is 243 Å². The van der Waals surface area contributed by atoms with E-state index in [2.05, 4.69) is 108 Å². The molecule has 10 aromatic carbocycles. The lowest BCUT2D eigenvalue weighted by molar-refractivity contribution is 0.660. The molecule has 0 atom stereocenters. The van der Waals surface area contributed by atoms with Crippen LogP contribution in [0.1, 0.15) is 29.1 Å². The summed E-state index contributed by atoms with van der Waals surface area (Å²) in [6.45, 7) is 4.61. The predicted octanol–water partition coefficient (Wildman–Crippen LogP) is 16.6. The molecule has 77 heavy (non-hydrogen) atoms. The van der Waals surface area contributed by atoms with E-state index in [1.54, 1.807) is 0 Å². The topological polar surface area (TPSA) is 87.2 Å². The summed E-state index contributed by atoms with van der Waals surface area (Å²) in [5.74, 6) is 1.71. The van der Waals surface area contributed by atoms with E-state index in [4.69, 9.17) is 29.9 Å². The molecule has 1 aliphatic carbocycles. The molecule has 0 unspecified atom stereocenters. The summed E-state index contributed by atoms with van der Waals surface area (Å²) in [5, 5.41) is 3.84.